The molecule has 1 aliphatic carbocycles. The molecule has 1 aromatic carbocycles. The summed E-state index contributed by atoms with van der Waals surface area (Å²) < 4.78 is 13.2. The minimum atomic E-state index is -0.276. The summed E-state index contributed by atoms with van der Waals surface area (Å²) in [5, 5.41) is 10.9. The van der Waals surface area contributed by atoms with Gasteiger partial charge in [-0.05, 0) is 36.0 Å². The predicted octanol–water partition coefficient (Wildman–Crippen LogP) is 4.67. The zero-order valence-electron chi connectivity index (χ0n) is 16.6. The van der Waals surface area contributed by atoms with Crippen molar-refractivity contribution in [3.63, 3.8) is 0 Å². The van der Waals surface area contributed by atoms with E-state index in [1.807, 2.05) is 13.8 Å². The Morgan fingerprint density at radius 3 is 2.68 bits per heavy atom. The molecule has 0 saturated heterocycles. The molecule has 7 heteroatoms. The summed E-state index contributed by atoms with van der Waals surface area (Å²) in [4.78, 5) is 16.9. The number of amides is 1. The Kier molecular flexibility index (Phi) is 7.48. The number of aryl methyl sites for hydroxylation is 1. The molecular weight excluding hydrogens is 375 g/mol. The van der Waals surface area contributed by atoms with Gasteiger partial charge in [0, 0.05) is 6.42 Å². The van der Waals surface area contributed by atoms with Crippen molar-refractivity contribution >= 4 is 17.7 Å². The topological polar surface area (TPSA) is 70.7 Å². The van der Waals surface area contributed by atoms with Crippen LogP contribution in [0.3, 0.4) is 0 Å². The molecule has 1 aromatic heterocycles. The van der Waals surface area contributed by atoms with Crippen molar-refractivity contribution in [2.45, 2.75) is 63.6 Å². The van der Waals surface area contributed by atoms with Crippen molar-refractivity contribution in [1.29, 1.82) is 0 Å². The van der Waals surface area contributed by atoms with Crippen molar-refractivity contribution in [3.05, 3.63) is 41.5 Å². The third-order valence-electron chi connectivity index (χ3n) is 5.32. The number of nitrogens with one attached hydrogen (secondary N) is 2. The lowest BCUT2D eigenvalue weighted by atomic mass is 9.96. The highest BCUT2D eigenvalue weighted by atomic mass is 32.2. The standard InChI is InChI=1S/C21H29FN4OS/c1-14(2)20(16-8-10-17(22)11-9-16)24-19(27)13-28-21-23-18(25-26-21)12-7-15-5-3-4-6-15/h8-11,14-15,20H,3-7,12-13H2,1-2H3,(H,24,27)(H,23,25,26). The van der Waals surface area contributed by atoms with Gasteiger partial charge in [-0.15, -0.1) is 5.10 Å². The number of halogens is 1. The number of hydrogen-bond donors (Lipinski definition) is 2. The second-order valence-corrected chi connectivity index (χ2v) is 8.83. The Labute approximate surface area is 170 Å². The Balaban J connectivity index is 1.47. The maximum atomic E-state index is 13.2. The molecule has 2 aromatic rings. The molecule has 0 radical (unpaired) electrons. The fraction of sp³-hybridized carbons (Fsp3) is 0.571. The molecule has 1 atom stereocenters. The number of hydrogen-bond acceptors (Lipinski definition) is 4. The van der Waals surface area contributed by atoms with E-state index < -0.39 is 0 Å². The van der Waals surface area contributed by atoms with Crippen LogP contribution in [0.15, 0.2) is 29.4 Å². The van der Waals surface area contributed by atoms with Crippen molar-refractivity contribution in [2.75, 3.05) is 5.75 Å². The summed E-state index contributed by atoms with van der Waals surface area (Å²) in [6.45, 7) is 4.07. The summed E-state index contributed by atoms with van der Waals surface area (Å²) in [7, 11) is 0. The summed E-state index contributed by atoms with van der Waals surface area (Å²) >= 11 is 1.33. The molecule has 5 nitrogen and oxygen atoms in total. The van der Waals surface area contributed by atoms with Gasteiger partial charge in [-0.1, -0.05) is 63.4 Å². The smallest absolute Gasteiger partial charge is 0.230 e. The number of rotatable bonds is 9. The normalized spacial score (nSPS) is 15.9. The molecule has 1 saturated carbocycles. The van der Waals surface area contributed by atoms with Gasteiger partial charge in [-0.3, -0.25) is 9.89 Å². The number of aromatic nitrogens is 3. The summed E-state index contributed by atoms with van der Waals surface area (Å²) in [5.41, 5.74) is 0.904. The van der Waals surface area contributed by atoms with Gasteiger partial charge >= 0.3 is 0 Å². The lowest BCUT2D eigenvalue weighted by molar-refractivity contribution is -0.119. The molecule has 3 rings (SSSR count). The largest absolute Gasteiger partial charge is 0.348 e. The van der Waals surface area contributed by atoms with E-state index in [9.17, 15) is 9.18 Å². The zero-order valence-corrected chi connectivity index (χ0v) is 17.4. The Morgan fingerprint density at radius 1 is 1.29 bits per heavy atom. The van der Waals surface area contributed by atoms with Crippen LogP contribution < -0.4 is 5.32 Å². The van der Waals surface area contributed by atoms with E-state index in [-0.39, 0.29) is 29.4 Å². The number of carbonyl (C=O) groups is 1. The van der Waals surface area contributed by atoms with E-state index in [4.69, 9.17) is 0 Å². The van der Waals surface area contributed by atoms with Crippen LogP contribution in [0.4, 0.5) is 4.39 Å². The molecule has 1 aliphatic rings. The maximum Gasteiger partial charge on any atom is 0.230 e. The molecule has 28 heavy (non-hydrogen) atoms. The SMILES string of the molecule is CC(C)C(NC(=O)CSc1n[nH]c(CCC2CCCC2)n1)c1ccc(F)cc1. The third kappa shape index (κ3) is 6.06. The molecule has 2 N–H and O–H groups in total. The number of carbonyl (C=O) groups excluding carboxylic acids is 1. The van der Waals surface area contributed by atoms with Crippen molar-refractivity contribution in [2.24, 2.45) is 11.8 Å². The first-order valence-electron chi connectivity index (χ1n) is 10.1. The Bertz CT molecular complexity index is 756. The summed E-state index contributed by atoms with van der Waals surface area (Å²) in [6, 6.07) is 6.14. The van der Waals surface area contributed by atoms with Gasteiger partial charge in [0.1, 0.15) is 11.6 Å². The van der Waals surface area contributed by atoms with E-state index >= 15 is 0 Å². The second kappa shape index (κ2) is 10.0. The fourth-order valence-electron chi connectivity index (χ4n) is 3.74. The van der Waals surface area contributed by atoms with E-state index in [1.54, 1.807) is 12.1 Å². The average molecular weight is 405 g/mol. The molecule has 152 valence electrons. The highest BCUT2D eigenvalue weighted by Crippen LogP contribution is 2.28. The minimum absolute atomic E-state index is 0.0784. The van der Waals surface area contributed by atoms with E-state index in [0.717, 1.165) is 30.1 Å². The molecule has 0 bridgehead atoms. The number of thioether (sulfide) groups is 1. The van der Waals surface area contributed by atoms with Crippen LogP contribution in [-0.2, 0) is 11.2 Å². The molecular formula is C21H29FN4OS. The van der Waals surface area contributed by atoms with Crippen molar-refractivity contribution in [3.8, 4) is 0 Å². The fourth-order valence-corrected chi connectivity index (χ4v) is 4.37. The van der Waals surface area contributed by atoms with Gasteiger partial charge < -0.3 is 5.32 Å². The van der Waals surface area contributed by atoms with Gasteiger partial charge in [-0.2, -0.15) is 0 Å². The second-order valence-electron chi connectivity index (χ2n) is 7.88. The Hall–Kier alpha value is -1.89. The number of H-pyrrole nitrogens is 1. The first-order valence-corrected chi connectivity index (χ1v) is 11.1. The van der Waals surface area contributed by atoms with E-state index in [2.05, 4.69) is 20.5 Å². The molecule has 1 amide bonds. The molecule has 0 spiro atoms. The number of aromatic amines is 1. The lowest BCUT2D eigenvalue weighted by Crippen LogP contribution is -2.33. The summed E-state index contributed by atoms with van der Waals surface area (Å²) in [5.74, 6) is 1.83. The zero-order chi connectivity index (χ0) is 19.9. The molecule has 0 aliphatic heterocycles. The number of nitrogens with zero attached hydrogens (tertiary/aromatic N) is 2. The molecule has 1 heterocycles. The monoisotopic (exact) mass is 404 g/mol. The van der Waals surface area contributed by atoms with Crippen LogP contribution in [0.25, 0.3) is 0 Å². The van der Waals surface area contributed by atoms with Crippen LogP contribution in [0, 0.1) is 17.7 Å². The van der Waals surface area contributed by atoms with Gasteiger partial charge in [0.05, 0.1) is 11.8 Å². The minimum Gasteiger partial charge on any atom is -0.348 e. The van der Waals surface area contributed by atoms with E-state index in [0.29, 0.717) is 5.16 Å². The van der Waals surface area contributed by atoms with Gasteiger partial charge in [0.25, 0.3) is 0 Å². The van der Waals surface area contributed by atoms with Gasteiger partial charge in [0.2, 0.25) is 11.1 Å². The first kappa shape index (κ1) is 20.8. The highest BCUT2D eigenvalue weighted by molar-refractivity contribution is 7.99. The van der Waals surface area contributed by atoms with Crippen LogP contribution >= 0.6 is 11.8 Å². The quantitative estimate of drug-likeness (QED) is 0.596. The lowest BCUT2D eigenvalue weighted by Gasteiger charge is -2.22. The van der Waals surface area contributed by atoms with Crippen LogP contribution in [0.2, 0.25) is 0 Å². The molecule has 1 fully saturated rings. The van der Waals surface area contributed by atoms with Crippen LogP contribution in [0.5, 0.6) is 0 Å². The van der Waals surface area contributed by atoms with E-state index in [1.165, 1.54) is 49.6 Å². The van der Waals surface area contributed by atoms with Crippen LogP contribution in [-0.4, -0.2) is 26.8 Å². The number of benzene rings is 1. The van der Waals surface area contributed by atoms with Crippen molar-refractivity contribution < 1.29 is 9.18 Å². The van der Waals surface area contributed by atoms with Gasteiger partial charge in [0.15, 0.2) is 0 Å². The Morgan fingerprint density at radius 2 is 2.00 bits per heavy atom. The molecule has 1 unspecified atom stereocenters. The predicted molar refractivity (Wildman–Crippen MR) is 110 cm³/mol. The highest BCUT2D eigenvalue weighted by Gasteiger charge is 2.19. The summed E-state index contributed by atoms with van der Waals surface area (Å²) in [6.07, 6.45) is 7.46. The first-order chi connectivity index (χ1) is 13.5. The average Bonchev–Trinajstić information content (AvgIpc) is 3.35. The van der Waals surface area contributed by atoms with Gasteiger partial charge in [-0.25, -0.2) is 9.37 Å². The third-order valence-corrected chi connectivity index (χ3v) is 6.17. The van der Waals surface area contributed by atoms with Crippen LogP contribution in [0.1, 0.15) is 63.4 Å². The van der Waals surface area contributed by atoms with Crippen molar-refractivity contribution in [1.82, 2.24) is 20.5 Å². The maximum absolute atomic E-state index is 13.2.